The third kappa shape index (κ3) is 3.37. The molecule has 1 aliphatic heterocycles. The van der Waals surface area contributed by atoms with Crippen molar-refractivity contribution in [3.63, 3.8) is 0 Å². The van der Waals surface area contributed by atoms with Gasteiger partial charge in [0.05, 0.1) is 0 Å². The molecule has 0 saturated carbocycles. The molecule has 1 atom stereocenters. The minimum Gasteiger partial charge on any atom is -0.342 e. The van der Waals surface area contributed by atoms with E-state index in [-0.39, 0.29) is 11.5 Å². The van der Waals surface area contributed by atoms with E-state index in [9.17, 15) is 4.79 Å². The summed E-state index contributed by atoms with van der Waals surface area (Å²) < 4.78 is 0. The van der Waals surface area contributed by atoms with Crippen LogP contribution < -0.4 is 5.32 Å². The molecule has 1 unspecified atom stereocenters. The van der Waals surface area contributed by atoms with Crippen LogP contribution in [0.15, 0.2) is 17.5 Å². The smallest absolute Gasteiger partial charge is 0.228 e. The first-order chi connectivity index (χ1) is 9.03. The van der Waals surface area contributed by atoms with Gasteiger partial charge in [-0.05, 0) is 44.3 Å². The Hall–Kier alpha value is -0.870. The lowest BCUT2D eigenvalue weighted by Gasteiger charge is -2.38. The second kappa shape index (κ2) is 6.06. The van der Waals surface area contributed by atoms with Crippen LogP contribution in [0, 0.1) is 5.41 Å². The van der Waals surface area contributed by atoms with Crippen LogP contribution in [0.25, 0.3) is 0 Å². The molecular formula is C15H24N2OS. The summed E-state index contributed by atoms with van der Waals surface area (Å²) in [6, 6.07) is 4.48. The van der Waals surface area contributed by atoms with Crippen LogP contribution in [-0.2, 0) is 11.2 Å². The fraction of sp³-hybridized carbons (Fsp3) is 0.667. The number of amides is 1. The number of thiophene rings is 1. The van der Waals surface area contributed by atoms with Crippen LogP contribution in [0.5, 0.6) is 0 Å². The van der Waals surface area contributed by atoms with Crippen molar-refractivity contribution in [1.29, 1.82) is 0 Å². The van der Waals surface area contributed by atoms with Gasteiger partial charge in [-0.2, -0.15) is 0 Å². The van der Waals surface area contributed by atoms with Crippen molar-refractivity contribution in [2.45, 2.75) is 39.2 Å². The summed E-state index contributed by atoms with van der Waals surface area (Å²) in [5, 5.41) is 5.43. The highest BCUT2D eigenvalue weighted by Crippen LogP contribution is 2.31. The number of hydrogen-bond acceptors (Lipinski definition) is 3. The maximum atomic E-state index is 12.7. The Bertz CT molecular complexity index is 410. The predicted molar refractivity (Wildman–Crippen MR) is 80.5 cm³/mol. The van der Waals surface area contributed by atoms with Gasteiger partial charge in [-0.1, -0.05) is 13.0 Å². The van der Waals surface area contributed by atoms with Crippen molar-refractivity contribution < 1.29 is 4.79 Å². The lowest BCUT2D eigenvalue weighted by molar-refractivity contribution is -0.143. The molecule has 1 N–H and O–H groups in total. The summed E-state index contributed by atoms with van der Waals surface area (Å²) in [7, 11) is 1.95. The minimum atomic E-state index is -0.177. The van der Waals surface area contributed by atoms with Gasteiger partial charge in [0.1, 0.15) is 0 Å². The largest absolute Gasteiger partial charge is 0.342 e. The van der Waals surface area contributed by atoms with Crippen LogP contribution in [-0.4, -0.2) is 37.0 Å². The first-order valence-electron chi connectivity index (χ1n) is 7.03. The highest BCUT2D eigenvalue weighted by Gasteiger charge is 2.37. The molecule has 0 spiro atoms. The summed E-state index contributed by atoms with van der Waals surface area (Å²) >= 11 is 1.77. The number of nitrogens with one attached hydrogen (secondary N) is 1. The maximum absolute atomic E-state index is 12.7. The first-order valence-corrected chi connectivity index (χ1v) is 7.91. The lowest BCUT2D eigenvalue weighted by Crippen LogP contribution is -2.49. The molecule has 0 aliphatic carbocycles. The van der Waals surface area contributed by atoms with Gasteiger partial charge in [-0.3, -0.25) is 4.79 Å². The molecule has 106 valence electrons. The van der Waals surface area contributed by atoms with Crippen LogP contribution in [0.4, 0.5) is 0 Å². The van der Waals surface area contributed by atoms with Gasteiger partial charge in [-0.25, -0.2) is 0 Å². The Morgan fingerprint density at radius 2 is 2.21 bits per heavy atom. The van der Waals surface area contributed by atoms with E-state index in [1.807, 2.05) is 11.9 Å². The average Bonchev–Trinajstić information content (AvgIpc) is 2.90. The monoisotopic (exact) mass is 280 g/mol. The zero-order valence-corrected chi connectivity index (χ0v) is 12.9. The van der Waals surface area contributed by atoms with Gasteiger partial charge < -0.3 is 10.2 Å². The molecule has 1 aliphatic rings. The molecule has 1 amide bonds. The summed E-state index contributed by atoms with van der Waals surface area (Å²) in [6.45, 7) is 6.16. The van der Waals surface area contributed by atoms with E-state index in [2.05, 4.69) is 36.7 Å². The first kappa shape index (κ1) is 14.5. The molecule has 1 fully saturated rings. The molecule has 0 aromatic carbocycles. The summed E-state index contributed by atoms with van der Waals surface area (Å²) in [6.07, 6.45) is 2.85. The molecule has 3 nitrogen and oxygen atoms in total. The van der Waals surface area contributed by atoms with Gasteiger partial charge in [0.25, 0.3) is 0 Å². The number of hydrogen-bond donors (Lipinski definition) is 1. The van der Waals surface area contributed by atoms with E-state index < -0.39 is 0 Å². The fourth-order valence-corrected chi connectivity index (χ4v) is 3.50. The normalized spacial score (nSPS) is 19.9. The predicted octanol–water partition coefficient (Wildman–Crippen LogP) is 2.53. The molecule has 1 aromatic rings. The topological polar surface area (TPSA) is 32.3 Å². The van der Waals surface area contributed by atoms with E-state index in [0.717, 1.165) is 32.4 Å². The number of likely N-dealkylation sites (N-methyl/N-ethyl adjacent to an activating group) is 1. The van der Waals surface area contributed by atoms with Crippen molar-refractivity contribution >= 4 is 17.2 Å². The van der Waals surface area contributed by atoms with Crippen molar-refractivity contribution in [2.24, 2.45) is 5.41 Å². The molecule has 1 saturated heterocycles. The Kier molecular flexibility index (Phi) is 4.63. The van der Waals surface area contributed by atoms with Crippen LogP contribution >= 0.6 is 11.3 Å². The number of carbonyl (C=O) groups excluding carboxylic acids is 1. The maximum Gasteiger partial charge on any atom is 0.228 e. The van der Waals surface area contributed by atoms with E-state index in [4.69, 9.17) is 0 Å². The number of piperidine rings is 1. The molecule has 4 heteroatoms. The Morgan fingerprint density at radius 3 is 2.79 bits per heavy atom. The zero-order valence-electron chi connectivity index (χ0n) is 12.1. The molecule has 0 bridgehead atoms. The highest BCUT2D eigenvalue weighted by atomic mass is 32.1. The molecule has 19 heavy (non-hydrogen) atoms. The lowest BCUT2D eigenvalue weighted by atomic mass is 9.79. The van der Waals surface area contributed by atoms with Crippen LogP contribution in [0.2, 0.25) is 0 Å². The van der Waals surface area contributed by atoms with Crippen molar-refractivity contribution in [1.82, 2.24) is 10.2 Å². The zero-order chi connectivity index (χ0) is 13.9. The second-order valence-electron chi connectivity index (χ2n) is 5.86. The second-order valence-corrected chi connectivity index (χ2v) is 6.89. The van der Waals surface area contributed by atoms with Gasteiger partial charge in [0.15, 0.2) is 0 Å². The quantitative estimate of drug-likeness (QED) is 0.919. The van der Waals surface area contributed by atoms with Crippen molar-refractivity contribution in [3.8, 4) is 0 Å². The van der Waals surface area contributed by atoms with Crippen LogP contribution in [0.1, 0.15) is 31.6 Å². The number of rotatable bonds is 4. The standard InChI is InChI=1S/C15H24N2OS/c1-12(11-13-5-4-10-19-13)17(3)14(18)15(2)6-8-16-9-7-15/h4-5,10,12,16H,6-9,11H2,1-3H3. The molecule has 0 radical (unpaired) electrons. The van der Waals surface area contributed by atoms with Gasteiger partial charge in [0, 0.05) is 29.8 Å². The van der Waals surface area contributed by atoms with Gasteiger partial charge >= 0.3 is 0 Å². The van der Waals surface area contributed by atoms with Gasteiger partial charge in [0.2, 0.25) is 5.91 Å². The summed E-state index contributed by atoms with van der Waals surface area (Å²) in [4.78, 5) is 16.0. The van der Waals surface area contributed by atoms with Gasteiger partial charge in [-0.15, -0.1) is 11.3 Å². The Balaban J connectivity index is 1.97. The molecular weight excluding hydrogens is 256 g/mol. The van der Waals surface area contributed by atoms with E-state index >= 15 is 0 Å². The number of carbonyl (C=O) groups is 1. The molecule has 1 aromatic heterocycles. The summed E-state index contributed by atoms with van der Waals surface area (Å²) in [5.41, 5.74) is -0.177. The van der Waals surface area contributed by atoms with Crippen molar-refractivity contribution in [3.05, 3.63) is 22.4 Å². The van der Waals surface area contributed by atoms with Crippen molar-refractivity contribution in [2.75, 3.05) is 20.1 Å². The number of nitrogens with zero attached hydrogens (tertiary/aromatic N) is 1. The van der Waals surface area contributed by atoms with E-state index in [1.54, 1.807) is 11.3 Å². The SMILES string of the molecule is CC(Cc1cccs1)N(C)C(=O)C1(C)CCNCC1. The molecule has 2 heterocycles. The van der Waals surface area contributed by atoms with E-state index in [1.165, 1.54) is 4.88 Å². The minimum absolute atomic E-state index is 0.177. The van der Waals surface area contributed by atoms with Crippen LogP contribution in [0.3, 0.4) is 0 Å². The fourth-order valence-electron chi connectivity index (χ4n) is 2.68. The Labute approximate surface area is 120 Å². The summed E-state index contributed by atoms with van der Waals surface area (Å²) in [5.74, 6) is 0.304. The third-order valence-corrected chi connectivity index (χ3v) is 5.18. The highest BCUT2D eigenvalue weighted by molar-refractivity contribution is 7.09. The average molecular weight is 280 g/mol. The third-order valence-electron chi connectivity index (χ3n) is 4.28. The molecule has 2 rings (SSSR count). The Morgan fingerprint density at radius 1 is 1.53 bits per heavy atom. The van der Waals surface area contributed by atoms with E-state index in [0.29, 0.717) is 5.91 Å².